The van der Waals surface area contributed by atoms with E-state index >= 15 is 0 Å². The van der Waals surface area contributed by atoms with Gasteiger partial charge in [0.25, 0.3) is 5.92 Å². The third-order valence-corrected chi connectivity index (χ3v) is 5.85. The maximum Gasteiger partial charge on any atom is 0.490 e. The summed E-state index contributed by atoms with van der Waals surface area (Å²) in [5.74, 6) is -7.98. The highest BCUT2D eigenvalue weighted by molar-refractivity contribution is 6.08. The molecule has 1 aromatic carbocycles. The molecule has 2 aromatic rings. The number of benzene rings is 1. The number of carbonyl (C=O) groups is 4. The van der Waals surface area contributed by atoms with E-state index in [1.54, 1.807) is 25.2 Å². The van der Waals surface area contributed by atoms with Crippen molar-refractivity contribution in [3.63, 3.8) is 0 Å². The molecule has 202 valence electrons. The minimum atomic E-state index is -5.08. The second-order valence-corrected chi connectivity index (χ2v) is 8.49. The Morgan fingerprint density at radius 2 is 1.84 bits per heavy atom. The summed E-state index contributed by atoms with van der Waals surface area (Å²) < 4.78 is 62.8. The number of anilines is 1. The number of aliphatic carboxylic acids is 2. The number of urea groups is 1. The molecule has 11 nitrogen and oxygen atoms in total. The largest absolute Gasteiger partial charge is 0.490 e. The minimum absolute atomic E-state index is 0.132. The first kappa shape index (κ1) is 27.8. The van der Waals surface area contributed by atoms with Gasteiger partial charge in [0, 0.05) is 25.4 Å². The van der Waals surface area contributed by atoms with Crippen molar-refractivity contribution in [2.24, 2.45) is 7.05 Å². The number of carbonyl (C=O) groups excluding carboxylic acids is 2. The number of aromatic nitrogens is 2. The summed E-state index contributed by atoms with van der Waals surface area (Å²) in [6.45, 7) is -0.560. The molecule has 2 aliphatic rings. The number of hydrogen-bond acceptors (Lipinski definition) is 6. The van der Waals surface area contributed by atoms with Gasteiger partial charge in [-0.2, -0.15) is 18.3 Å². The van der Waals surface area contributed by atoms with Gasteiger partial charge < -0.3 is 10.2 Å². The van der Waals surface area contributed by atoms with Crippen LogP contribution in [0.2, 0.25) is 0 Å². The van der Waals surface area contributed by atoms with Crippen LogP contribution in [0.3, 0.4) is 0 Å². The number of piperidine rings is 1. The molecular formula is C21H22F5N5O6. The Hall–Kier alpha value is -3.82. The predicted octanol–water partition coefficient (Wildman–Crippen LogP) is 2.16. The highest BCUT2D eigenvalue weighted by Crippen LogP contribution is 2.41. The van der Waals surface area contributed by atoms with Crippen molar-refractivity contribution in [3.8, 4) is 0 Å². The van der Waals surface area contributed by atoms with Gasteiger partial charge in [0.05, 0.1) is 24.5 Å². The lowest BCUT2D eigenvalue weighted by Crippen LogP contribution is -2.49. The van der Waals surface area contributed by atoms with E-state index in [0.717, 1.165) is 0 Å². The molecule has 3 N–H and O–H groups in total. The Bertz CT molecular complexity index is 1230. The average molecular weight is 535 g/mol. The normalized spacial score (nSPS) is 20.3. The fourth-order valence-corrected chi connectivity index (χ4v) is 4.18. The van der Waals surface area contributed by atoms with Crippen molar-refractivity contribution in [2.45, 2.75) is 30.9 Å². The lowest BCUT2D eigenvalue weighted by atomic mass is 9.86. The molecule has 4 rings (SSSR count). The van der Waals surface area contributed by atoms with Crippen molar-refractivity contribution in [1.82, 2.24) is 20.0 Å². The van der Waals surface area contributed by atoms with E-state index in [1.165, 1.54) is 14.5 Å². The first-order valence-corrected chi connectivity index (χ1v) is 10.8. The van der Waals surface area contributed by atoms with Crippen molar-refractivity contribution >= 4 is 40.6 Å². The van der Waals surface area contributed by atoms with Crippen LogP contribution >= 0.6 is 0 Å². The standard InChI is InChI=1S/C19H21F2N5O4.C2HF3O2/c1-24-14-8-11(13-4-6-25(9-16(28)29)10-19(13,20)21)2-3-12(14)17(23-24)26-7-5-15(27)22-18(26)30;3-2(4,5)1(6)7/h2-3,8,13H,4-7,9-10H2,1H3,(H,28,29)(H,22,27,30);(H,6,7). The lowest BCUT2D eigenvalue weighted by molar-refractivity contribution is -0.192. The summed E-state index contributed by atoms with van der Waals surface area (Å²) in [6, 6.07) is 4.35. The molecule has 1 atom stereocenters. The molecule has 0 saturated carbocycles. The van der Waals surface area contributed by atoms with Crippen LogP contribution in [0, 0.1) is 0 Å². The van der Waals surface area contributed by atoms with Crippen LogP contribution in [-0.2, 0) is 21.4 Å². The fourth-order valence-electron chi connectivity index (χ4n) is 4.18. The van der Waals surface area contributed by atoms with Gasteiger partial charge >= 0.3 is 24.1 Å². The van der Waals surface area contributed by atoms with Gasteiger partial charge in [-0.05, 0) is 30.7 Å². The second-order valence-electron chi connectivity index (χ2n) is 8.49. The zero-order chi connectivity index (χ0) is 27.7. The fraction of sp³-hybridized carbons (Fsp3) is 0.476. The Morgan fingerprint density at radius 3 is 2.38 bits per heavy atom. The summed E-state index contributed by atoms with van der Waals surface area (Å²) >= 11 is 0. The van der Waals surface area contributed by atoms with Crippen molar-refractivity contribution in [2.75, 3.05) is 31.1 Å². The number of carboxylic acid groups (broad SMARTS) is 2. The molecule has 3 amide bonds. The van der Waals surface area contributed by atoms with Crippen LogP contribution in [0.15, 0.2) is 18.2 Å². The smallest absolute Gasteiger partial charge is 0.480 e. The molecule has 2 saturated heterocycles. The first-order valence-electron chi connectivity index (χ1n) is 10.8. The number of likely N-dealkylation sites (tertiary alicyclic amines) is 1. The number of amides is 3. The van der Waals surface area contributed by atoms with Gasteiger partial charge in [-0.3, -0.25) is 29.4 Å². The molecule has 0 aliphatic carbocycles. The van der Waals surface area contributed by atoms with E-state index in [-0.39, 0.29) is 31.8 Å². The van der Waals surface area contributed by atoms with E-state index in [1.807, 2.05) is 0 Å². The number of imide groups is 1. The summed E-state index contributed by atoms with van der Waals surface area (Å²) in [7, 11) is 1.66. The highest BCUT2D eigenvalue weighted by atomic mass is 19.4. The molecule has 1 aromatic heterocycles. The third-order valence-electron chi connectivity index (χ3n) is 5.85. The number of aryl methyl sites for hydroxylation is 1. The van der Waals surface area contributed by atoms with Crippen LogP contribution in [0.1, 0.15) is 24.3 Å². The number of nitrogens with one attached hydrogen (secondary N) is 1. The van der Waals surface area contributed by atoms with Crippen molar-refractivity contribution in [1.29, 1.82) is 0 Å². The maximum atomic E-state index is 14.8. The van der Waals surface area contributed by atoms with Crippen molar-refractivity contribution < 1.29 is 51.3 Å². The van der Waals surface area contributed by atoms with Gasteiger partial charge in [-0.15, -0.1) is 0 Å². The molecule has 2 fully saturated rings. The summed E-state index contributed by atoms with van der Waals surface area (Å²) in [6.07, 6.45) is -4.80. The Morgan fingerprint density at radius 1 is 1.19 bits per heavy atom. The number of nitrogens with zero attached hydrogens (tertiary/aromatic N) is 4. The third kappa shape index (κ3) is 6.31. The van der Waals surface area contributed by atoms with Gasteiger partial charge in [-0.1, -0.05) is 6.07 Å². The van der Waals surface area contributed by atoms with E-state index in [2.05, 4.69) is 10.4 Å². The molecule has 0 bridgehead atoms. The number of alkyl halides is 5. The Balaban J connectivity index is 0.000000479. The van der Waals surface area contributed by atoms with Crippen LogP contribution in [0.4, 0.5) is 32.6 Å². The van der Waals surface area contributed by atoms with Gasteiger partial charge in [0.15, 0.2) is 5.82 Å². The van der Waals surface area contributed by atoms with Crippen LogP contribution in [0.25, 0.3) is 10.9 Å². The molecule has 2 aliphatic heterocycles. The SMILES string of the molecule is Cn1nc(N2CCC(=O)NC2=O)c2ccc(C3CCN(CC(=O)O)CC3(F)F)cc21.O=C(O)C(F)(F)F. The van der Waals surface area contributed by atoms with Gasteiger partial charge in [0.2, 0.25) is 5.91 Å². The average Bonchev–Trinajstić information content (AvgIpc) is 3.08. The number of carboxylic acids is 2. The molecule has 1 unspecified atom stereocenters. The van der Waals surface area contributed by atoms with E-state index in [0.29, 0.717) is 22.3 Å². The molecule has 0 spiro atoms. The Labute approximate surface area is 205 Å². The van der Waals surface area contributed by atoms with Crippen LogP contribution in [-0.4, -0.2) is 87.0 Å². The van der Waals surface area contributed by atoms with Gasteiger partial charge in [0.1, 0.15) is 0 Å². The summed E-state index contributed by atoms with van der Waals surface area (Å²) in [5, 5.41) is 23.2. The van der Waals surface area contributed by atoms with Crippen molar-refractivity contribution in [3.05, 3.63) is 23.8 Å². The van der Waals surface area contributed by atoms with E-state index in [4.69, 9.17) is 15.0 Å². The summed E-state index contributed by atoms with van der Waals surface area (Å²) in [5.41, 5.74) is 1.03. The lowest BCUT2D eigenvalue weighted by Gasteiger charge is -2.37. The van der Waals surface area contributed by atoms with E-state index < -0.39 is 49.1 Å². The second kappa shape index (κ2) is 10.3. The number of halogens is 5. The topological polar surface area (TPSA) is 145 Å². The number of rotatable bonds is 4. The number of fused-ring (bicyclic) bond motifs is 1. The first-order chi connectivity index (χ1) is 17.1. The summed E-state index contributed by atoms with van der Waals surface area (Å²) in [4.78, 5) is 45.9. The van der Waals surface area contributed by atoms with Crippen LogP contribution in [0.5, 0.6) is 0 Å². The zero-order valence-electron chi connectivity index (χ0n) is 19.3. The monoisotopic (exact) mass is 535 g/mol. The molecule has 37 heavy (non-hydrogen) atoms. The predicted molar refractivity (Wildman–Crippen MR) is 116 cm³/mol. The zero-order valence-corrected chi connectivity index (χ0v) is 19.3. The van der Waals surface area contributed by atoms with Gasteiger partial charge in [-0.25, -0.2) is 18.4 Å². The molecule has 3 heterocycles. The minimum Gasteiger partial charge on any atom is -0.480 e. The van der Waals surface area contributed by atoms with Crippen LogP contribution < -0.4 is 10.2 Å². The molecule has 0 radical (unpaired) electrons. The van der Waals surface area contributed by atoms with E-state index in [9.17, 15) is 36.3 Å². The maximum absolute atomic E-state index is 14.8. The Kier molecular flexibility index (Phi) is 7.71. The highest BCUT2D eigenvalue weighted by Gasteiger charge is 2.45. The molecular weight excluding hydrogens is 513 g/mol. The molecule has 16 heteroatoms. The number of hydrogen-bond donors (Lipinski definition) is 3. The quantitative estimate of drug-likeness (QED) is 0.506.